The Hall–Kier alpha value is -3.31. The minimum Gasteiger partial charge on any atom is -0.497 e. The van der Waals surface area contributed by atoms with Gasteiger partial charge in [-0.2, -0.15) is 0 Å². The summed E-state index contributed by atoms with van der Waals surface area (Å²) in [5.41, 5.74) is 5.83. The zero-order valence-corrected chi connectivity index (χ0v) is 20.2. The zero-order chi connectivity index (χ0) is 24.2. The molecule has 2 unspecified atom stereocenters. The summed E-state index contributed by atoms with van der Waals surface area (Å²) in [6.07, 6.45) is 2.55. The van der Waals surface area contributed by atoms with E-state index in [1.54, 1.807) is 7.11 Å². The molecule has 5 heteroatoms. The van der Waals surface area contributed by atoms with Gasteiger partial charge < -0.3 is 19.5 Å². The van der Waals surface area contributed by atoms with Crippen molar-refractivity contribution >= 4 is 6.09 Å². The van der Waals surface area contributed by atoms with Gasteiger partial charge in [0.1, 0.15) is 12.4 Å². The molecule has 0 spiro atoms. The number of fused-ring (bicyclic) bond motifs is 5. The standard InChI is InChI=1S/C30H31NO4/c1-19-13-20(15-23(14-19)34-2)30(33)16-21-11-12-22(17-30)31(21)29(32)35-18-28-26-9-5-3-7-24(26)25-8-4-6-10-27(25)28/h3-10,13-15,21-22,28,33H,11-12,16-18H2,1-2H3. The summed E-state index contributed by atoms with van der Waals surface area (Å²) in [6, 6.07) is 22.6. The number of piperidine rings is 1. The molecule has 2 heterocycles. The molecule has 2 saturated heterocycles. The molecule has 2 atom stereocenters. The van der Waals surface area contributed by atoms with Crippen molar-refractivity contribution < 1.29 is 19.4 Å². The molecular weight excluding hydrogens is 438 g/mol. The van der Waals surface area contributed by atoms with E-state index in [1.165, 1.54) is 22.3 Å². The van der Waals surface area contributed by atoms with Crippen LogP contribution in [0.15, 0.2) is 66.7 Å². The average Bonchev–Trinajstić information content (AvgIpc) is 3.34. The first-order valence-corrected chi connectivity index (χ1v) is 12.5. The Labute approximate surface area is 206 Å². The molecule has 5 nitrogen and oxygen atoms in total. The highest BCUT2D eigenvalue weighted by molar-refractivity contribution is 5.79. The van der Waals surface area contributed by atoms with Gasteiger partial charge in [-0.05, 0) is 65.3 Å². The van der Waals surface area contributed by atoms with Crippen LogP contribution in [0.4, 0.5) is 4.79 Å². The number of aryl methyl sites for hydroxylation is 1. The predicted molar refractivity (Wildman–Crippen MR) is 135 cm³/mol. The Morgan fingerprint density at radius 3 is 2.17 bits per heavy atom. The lowest BCUT2D eigenvalue weighted by atomic mass is 9.80. The lowest BCUT2D eigenvalue weighted by molar-refractivity contribution is -0.0532. The first-order chi connectivity index (χ1) is 17.0. The number of carbonyl (C=O) groups excluding carboxylic acids is 1. The van der Waals surface area contributed by atoms with Crippen molar-refractivity contribution in [2.45, 2.75) is 56.2 Å². The van der Waals surface area contributed by atoms with E-state index >= 15 is 0 Å². The van der Waals surface area contributed by atoms with Crippen LogP contribution in [0, 0.1) is 6.92 Å². The molecule has 2 bridgehead atoms. The van der Waals surface area contributed by atoms with Crippen LogP contribution in [0.25, 0.3) is 11.1 Å². The van der Waals surface area contributed by atoms with E-state index in [1.807, 2.05) is 42.2 Å². The summed E-state index contributed by atoms with van der Waals surface area (Å²) in [5, 5.41) is 11.7. The van der Waals surface area contributed by atoms with Gasteiger partial charge in [0.05, 0.1) is 12.7 Å². The van der Waals surface area contributed by atoms with Crippen LogP contribution in [0.5, 0.6) is 5.75 Å². The minimum absolute atomic E-state index is 0.0269. The molecule has 2 aliphatic heterocycles. The summed E-state index contributed by atoms with van der Waals surface area (Å²) in [7, 11) is 1.64. The normalized spacial score (nSPS) is 24.7. The second kappa shape index (κ2) is 8.42. The number of rotatable bonds is 4. The van der Waals surface area contributed by atoms with E-state index in [0.717, 1.165) is 29.7 Å². The third-order valence-electron chi connectivity index (χ3n) is 8.14. The average molecular weight is 470 g/mol. The first kappa shape index (κ1) is 22.2. The minimum atomic E-state index is -0.967. The zero-order valence-electron chi connectivity index (χ0n) is 20.2. The maximum Gasteiger partial charge on any atom is 0.410 e. The van der Waals surface area contributed by atoms with E-state index in [2.05, 4.69) is 36.4 Å². The van der Waals surface area contributed by atoms with E-state index < -0.39 is 5.60 Å². The van der Waals surface area contributed by atoms with Crippen molar-refractivity contribution in [2.75, 3.05) is 13.7 Å². The number of ether oxygens (including phenoxy) is 2. The Kier molecular flexibility index (Phi) is 5.33. The van der Waals surface area contributed by atoms with Gasteiger partial charge in [0, 0.05) is 30.8 Å². The fraction of sp³-hybridized carbons (Fsp3) is 0.367. The van der Waals surface area contributed by atoms with E-state index in [0.29, 0.717) is 19.4 Å². The van der Waals surface area contributed by atoms with Crippen LogP contribution < -0.4 is 4.74 Å². The largest absolute Gasteiger partial charge is 0.497 e. The van der Waals surface area contributed by atoms with E-state index in [-0.39, 0.29) is 24.1 Å². The number of carbonyl (C=O) groups is 1. The number of hydrogen-bond donors (Lipinski definition) is 1. The molecule has 1 N–H and O–H groups in total. The highest BCUT2D eigenvalue weighted by Gasteiger charge is 2.51. The third kappa shape index (κ3) is 3.69. The maximum atomic E-state index is 13.3. The molecule has 180 valence electrons. The van der Waals surface area contributed by atoms with Gasteiger partial charge in [0.15, 0.2) is 0 Å². The molecule has 35 heavy (non-hydrogen) atoms. The fourth-order valence-corrected chi connectivity index (χ4v) is 6.56. The van der Waals surface area contributed by atoms with E-state index in [9.17, 15) is 9.90 Å². The molecule has 2 fully saturated rings. The number of amides is 1. The molecule has 3 aromatic carbocycles. The molecule has 1 amide bonds. The Bertz CT molecular complexity index is 1230. The molecule has 1 aliphatic carbocycles. The van der Waals surface area contributed by atoms with Crippen molar-refractivity contribution in [2.24, 2.45) is 0 Å². The fourth-order valence-electron chi connectivity index (χ4n) is 6.56. The van der Waals surface area contributed by atoms with Crippen LogP contribution >= 0.6 is 0 Å². The van der Waals surface area contributed by atoms with Gasteiger partial charge >= 0.3 is 6.09 Å². The quantitative estimate of drug-likeness (QED) is 0.527. The predicted octanol–water partition coefficient (Wildman–Crippen LogP) is 5.77. The van der Waals surface area contributed by atoms with Gasteiger partial charge in [-0.15, -0.1) is 0 Å². The Morgan fingerprint density at radius 1 is 0.971 bits per heavy atom. The molecule has 0 aromatic heterocycles. The van der Waals surface area contributed by atoms with Crippen LogP contribution in [-0.2, 0) is 10.3 Å². The Balaban J connectivity index is 1.19. The van der Waals surface area contributed by atoms with Gasteiger partial charge in [0.25, 0.3) is 0 Å². The molecule has 6 rings (SSSR count). The maximum absolute atomic E-state index is 13.3. The van der Waals surface area contributed by atoms with Crippen LogP contribution in [-0.4, -0.2) is 41.9 Å². The summed E-state index contributed by atoms with van der Waals surface area (Å²) in [4.78, 5) is 15.2. The number of benzene rings is 3. The molecular formula is C30H31NO4. The summed E-state index contributed by atoms with van der Waals surface area (Å²) >= 11 is 0. The van der Waals surface area contributed by atoms with Crippen LogP contribution in [0.3, 0.4) is 0 Å². The van der Waals surface area contributed by atoms with E-state index in [4.69, 9.17) is 9.47 Å². The molecule has 0 radical (unpaired) electrons. The molecule has 0 saturated carbocycles. The van der Waals surface area contributed by atoms with Crippen LogP contribution in [0.2, 0.25) is 0 Å². The highest BCUT2D eigenvalue weighted by Crippen LogP contribution is 2.48. The van der Waals surface area contributed by atoms with Crippen molar-refractivity contribution in [1.82, 2.24) is 4.90 Å². The van der Waals surface area contributed by atoms with Crippen molar-refractivity contribution in [3.8, 4) is 16.9 Å². The van der Waals surface area contributed by atoms with Gasteiger partial charge in [-0.1, -0.05) is 54.6 Å². The van der Waals surface area contributed by atoms with Crippen LogP contribution in [0.1, 0.15) is 53.9 Å². The van der Waals surface area contributed by atoms with Crippen molar-refractivity contribution in [3.63, 3.8) is 0 Å². The molecule has 3 aromatic rings. The SMILES string of the molecule is COc1cc(C)cc(C2(O)CC3CCC(C2)N3C(=O)OCC2c3ccccc3-c3ccccc32)c1. The van der Waals surface area contributed by atoms with Gasteiger partial charge in [0.2, 0.25) is 0 Å². The number of methoxy groups -OCH3 is 1. The molecule has 3 aliphatic rings. The number of hydrogen-bond acceptors (Lipinski definition) is 4. The van der Waals surface area contributed by atoms with Crippen molar-refractivity contribution in [3.05, 3.63) is 89.0 Å². The van der Waals surface area contributed by atoms with Gasteiger partial charge in [-0.25, -0.2) is 4.79 Å². The summed E-state index contributed by atoms with van der Waals surface area (Å²) in [6.45, 7) is 2.33. The Morgan fingerprint density at radius 2 is 1.57 bits per heavy atom. The highest BCUT2D eigenvalue weighted by atomic mass is 16.6. The van der Waals surface area contributed by atoms with Crippen molar-refractivity contribution in [1.29, 1.82) is 0 Å². The van der Waals surface area contributed by atoms with Gasteiger partial charge in [-0.3, -0.25) is 0 Å². The third-order valence-corrected chi connectivity index (χ3v) is 8.14. The number of nitrogens with zero attached hydrogens (tertiary/aromatic N) is 1. The summed E-state index contributed by atoms with van der Waals surface area (Å²) in [5.74, 6) is 0.797. The second-order valence-corrected chi connectivity index (χ2v) is 10.3. The lowest BCUT2D eigenvalue weighted by Crippen LogP contribution is -2.52. The lowest BCUT2D eigenvalue weighted by Gasteiger charge is -2.43. The summed E-state index contributed by atoms with van der Waals surface area (Å²) < 4.78 is 11.4. The second-order valence-electron chi connectivity index (χ2n) is 10.3. The first-order valence-electron chi connectivity index (χ1n) is 12.5. The smallest absolute Gasteiger partial charge is 0.410 e. The monoisotopic (exact) mass is 469 g/mol. The topological polar surface area (TPSA) is 59.0 Å². The number of aliphatic hydroxyl groups is 1.